The molecule has 0 aliphatic heterocycles. The minimum absolute atomic E-state index is 0.120. The second-order valence-corrected chi connectivity index (χ2v) is 25.7. The standard InChI is InChI=1S/C70H60O3P2/c1-5-69(6-2)61-35-23-21-33-57(61)59-41-37-49(45-63(59)69)51-39-43-65(67(47-51)74(71,53-25-13-9-14-26-53)54-27-15-10-16-28-54)73-66-44-40-52(48-68(66)75(72,55-29-17-11-18-30-55)56-31-19-12-20-32-56)50-38-42-60-58-34-22-24-36-62(58)70(7-3,8-4)64(60)46-50/h9-48H,5-8H2,1-4H3. The predicted molar refractivity (Wildman–Crippen MR) is 316 cm³/mol. The van der Waals surface area contributed by atoms with Gasteiger partial charge in [0.2, 0.25) is 0 Å². The summed E-state index contributed by atoms with van der Waals surface area (Å²) in [5.41, 5.74) is 14.3. The fraction of sp³-hybridized carbons (Fsp3) is 0.143. The van der Waals surface area contributed by atoms with Crippen molar-refractivity contribution in [2.24, 2.45) is 0 Å². The molecule has 3 nitrogen and oxygen atoms in total. The van der Waals surface area contributed by atoms with Crippen molar-refractivity contribution in [2.75, 3.05) is 0 Å². The molecule has 0 fully saturated rings. The van der Waals surface area contributed by atoms with Crippen molar-refractivity contribution in [3.05, 3.63) is 265 Å². The van der Waals surface area contributed by atoms with E-state index in [-0.39, 0.29) is 10.8 Å². The van der Waals surface area contributed by atoms with Crippen molar-refractivity contribution in [3.8, 4) is 56.0 Å². The average molecular weight is 1010 g/mol. The van der Waals surface area contributed by atoms with Crippen molar-refractivity contribution in [2.45, 2.75) is 64.2 Å². The van der Waals surface area contributed by atoms with E-state index in [1.54, 1.807) is 0 Å². The Morgan fingerprint density at radius 1 is 0.307 bits per heavy atom. The van der Waals surface area contributed by atoms with Crippen LogP contribution < -0.4 is 36.6 Å². The molecule has 10 aromatic carbocycles. The number of rotatable bonds is 14. The van der Waals surface area contributed by atoms with Gasteiger partial charge in [0, 0.05) is 32.0 Å². The lowest BCUT2D eigenvalue weighted by Gasteiger charge is -2.30. The van der Waals surface area contributed by atoms with Gasteiger partial charge in [-0.05, 0) is 129 Å². The first-order valence-electron chi connectivity index (χ1n) is 26.6. The van der Waals surface area contributed by atoms with Gasteiger partial charge in [-0.25, -0.2) is 0 Å². The Balaban J connectivity index is 1.08. The molecule has 0 saturated heterocycles. The van der Waals surface area contributed by atoms with Crippen LogP contribution in [0.3, 0.4) is 0 Å². The molecule has 0 aromatic heterocycles. The molecule has 0 saturated carbocycles. The fourth-order valence-corrected chi connectivity index (χ4v) is 18.5. The quantitative estimate of drug-likeness (QED) is 0.102. The molecule has 75 heavy (non-hydrogen) atoms. The minimum Gasteiger partial charge on any atom is -0.456 e. The molecule has 2 aliphatic rings. The van der Waals surface area contributed by atoms with E-state index in [9.17, 15) is 0 Å². The summed E-state index contributed by atoms with van der Waals surface area (Å²) in [6, 6.07) is 83.0. The van der Waals surface area contributed by atoms with Gasteiger partial charge in [0.15, 0.2) is 14.3 Å². The predicted octanol–water partition coefficient (Wildman–Crippen LogP) is 16.3. The molecule has 0 spiro atoms. The zero-order valence-corrected chi connectivity index (χ0v) is 44.8. The van der Waals surface area contributed by atoms with Crippen molar-refractivity contribution in [1.29, 1.82) is 0 Å². The van der Waals surface area contributed by atoms with Crippen molar-refractivity contribution < 1.29 is 13.9 Å². The normalized spacial score (nSPS) is 13.9. The van der Waals surface area contributed by atoms with Crippen molar-refractivity contribution >= 4 is 46.1 Å². The molecule has 12 rings (SSSR count). The zero-order valence-electron chi connectivity index (χ0n) is 43.0. The molecule has 0 bridgehead atoms. The van der Waals surface area contributed by atoms with Gasteiger partial charge in [0.05, 0.1) is 10.6 Å². The van der Waals surface area contributed by atoms with Crippen molar-refractivity contribution in [3.63, 3.8) is 0 Å². The summed E-state index contributed by atoms with van der Waals surface area (Å²) in [6.07, 6.45) is 3.90. The topological polar surface area (TPSA) is 43.4 Å². The third kappa shape index (κ3) is 7.61. The minimum atomic E-state index is -3.67. The number of hydrogen-bond acceptors (Lipinski definition) is 3. The maximum absolute atomic E-state index is 16.9. The third-order valence-electron chi connectivity index (χ3n) is 16.9. The molecule has 0 amide bonds. The van der Waals surface area contributed by atoms with Crippen LogP contribution in [0.5, 0.6) is 11.5 Å². The monoisotopic (exact) mass is 1010 g/mol. The highest BCUT2D eigenvalue weighted by Gasteiger charge is 2.43. The van der Waals surface area contributed by atoms with Crippen LogP contribution in [0, 0.1) is 0 Å². The zero-order chi connectivity index (χ0) is 51.4. The van der Waals surface area contributed by atoms with Gasteiger partial charge in [-0.3, -0.25) is 0 Å². The first-order valence-corrected chi connectivity index (χ1v) is 30.0. The summed E-state index contributed by atoms with van der Waals surface area (Å²) < 4.78 is 41.1. The van der Waals surface area contributed by atoms with Crippen LogP contribution in [0.25, 0.3) is 44.5 Å². The van der Waals surface area contributed by atoms with Crippen LogP contribution in [0.15, 0.2) is 243 Å². The Bertz CT molecular complexity index is 3520. The van der Waals surface area contributed by atoms with Crippen LogP contribution in [0.4, 0.5) is 0 Å². The SMILES string of the molecule is CCC1(CC)c2ccccc2-c2ccc(-c3ccc(Oc4ccc(-c5ccc6c(c5)C(CC)(CC)c5ccccc5-6)cc4P(=O)(c4ccccc4)c4ccccc4)c(P(=O)(c4ccccc4)c4ccccc4)c3)cc21. The Kier molecular flexibility index (Phi) is 12.5. The second kappa shape index (κ2) is 19.3. The van der Waals surface area contributed by atoms with Crippen LogP contribution in [0.1, 0.15) is 75.6 Å². The van der Waals surface area contributed by atoms with E-state index in [1.807, 2.05) is 133 Å². The van der Waals surface area contributed by atoms with E-state index in [2.05, 4.69) is 137 Å². The van der Waals surface area contributed by atoms with Crippen LogP contribution in [-0.4, -0.2) is 0 Å². The van der Waals surface area contributed by atoms with E-state index >= 15 is 9.13 Å². The molecule has 0 radical (unpaired) electrons. The van der Waals surface area contributed by atoms with Gasteiger partial charge in [0.1, 0.15) is 11.5 Å². The van der Waals surface area contributed by atoms with Crippen molar-refractivity contribution in [1.82, 2.24) is 0 Å². The van der Waals surface area contributed by atoms with Crippen LogP contribution in [0.2, 0.25) is 0 Å². The highest BCUT2D eigenvalue weighted by molar-refractivity contribution is 7.86. The summed E-state index contributed by atoms with van der Waals surface area (Å²) in [7, 11) is -7.35. The molecular formula is C70H60O3P2. The fourth-order valence-electron chi connectivity index (χ4n) is 12.9. The smallest absolute Gasteiger partial charge is 0.174 e. The van der Waals surface area contributed by atoms with E-state index in [0.29, 0.717) is 43.3 Å². The Labute approximate surface area is 442 Å². The first-order chi connectivity index (χ1) is 36.7. The van der Waals surface area contributed by atoms with E-state index < -0.39 is 14.3 Å². The Hall–Kier alpha value is -7.54. The van der Waals surface area contributed by atoms with E-state index in [1.165, 1.54) is 44.5 Å². The molecule has 368 valence electrons. The molecule has 0 unspecified atom stereocenters. The molecule has 0 atom stereocenters. The highest BCUT2D eigenvalue weighted by Crippen LogP contribution is 2.56. The molecule has 10 aromatic rings. The lowest BCUT2D eigenvalue weighted by atomic mass is 9.73. The lowest BCUT2D eigenvalue weighted by Crippen LogP contribution is -2.28. The van der Waals surface area contributed by atoms with Gasteiger partial charge in [-0.2, -0.15) is 0 Å². The van der Waals surface area contributed by atoms with Crippen LogP contribution >= 0.6 is 14.3 Å². The summed E-state index contributed by atoms with van der Waals surface area (Å²) in [5, 5.41) is 3.92. The molecule has 0 N–H and O–H groups in total. The summed E-state index contributed by atoms with van der Waals surface area (Å²) >= 11 is 0. The number of fused-ring (bicyclic) bond motifs is 6. The first kappa shape index (κ1) is 48.4. The summed E-state index contributed by atoms with van der Waals surface area (Å²) in [4.78, 5) is 0. The van der Waals surface area contributed by atoms with Gasteiger partial charge in [-0.1, -0.05) is 234 Å². The Morgan fingerprint density at radius 3 is 0.920 bits per heavy atom. The van der Waals surface area contributed by atoms with Crippen LogP contribution in [-0.2, 0) is 20.0 Å². The average Bonchev–Trinajstić information content (AvgIpc) is 3.94. The maximum atomic E-state index is 16.9. The van der Waals surface area contributed by atoms with E-state index in [4.69, 9.17) is 4.74 Å². The van der Waals surface area contributed by atoms with Gasteiger partial charge < -0.3 is 13.9 Å². The largest absolute Gasteiger partial charge is 0.456 e. The summed E-state index contributed by atoms with van der Waals surface area (Å²) in [5.74, 6) is 0.875. The second-order valence-electron chi connectivity index (χ2n) is 20.2. The molecule has 5 heteroatoms. The lowest BCUT2D eigenvalue weighted by molar-refractivity contribution is 0.489. The molecule has 0 heterocycles. The number of hydrogen-bond donors (Lipinski definition) is 0. The van der Waals surface area contributed by atoms with Gasteiger partial charge in [0.25, 0.3) is 0 Å². The maximum Gasteiger partial charge on any atom is 0.174 e. The molecule has 2 aliphatic carbocycles. The summed E-state index contributed by atoms with van der Waals surface area (Å²) in [6.45, 7) is 9.19. The third-order valence-corrected chi connectivity index (χ3v) is 23.1. The van der Waals surface area contributed by atoms with Gasteiger partial charge in [-0.15, -0.1) is 0 Å². The van der Waals surface area contributed by atoms with Gasteiger partial charge >= 0.3 is 0 Å². The number of ether oxygens (including phenoxy) is 1. The number of benzene rings is 10. The Morgan fingerprint density at radius 2 is 0.587 bits per heavy atom. The van der Waals surface area contributed by atoms with E-state index in [0.717, 1.165) is 47.9 Å². The highest BCUT2D eigenvalue weighted by atomic mass is 31.2. The molecular weight excluding hydrogens is 951 g/mol.